The van der Waals surface area contributed by atoms with E-state index >= 15 is 0 Å². The van der Waals surface area contributed by atoms with Crippen molar-refractivity contribution in [2.24, 2.45) is 0 Å². The summed E-state index contributed by atoms with van der Waals surface area (Å²) in [5, 5.41) is 3.91. The highest BCUT2D eigenvalue weighted by atomic mass is 35.5. The molecule has 1 aliphatic heterocycles. The van der Waals surface area contributed by atoms with Gasteiger partial charge in [-0.2, -0.15) is 0 Å². The molecule has 2 aliphatic rings. The number of hydrogen-bond acceptors (Lipinski definition) is 6. The van der Waals surface area contributed by atoms with Gasteiger partial charge >= 0.3 is 5.97 Å². The van der Waals surface area contributed by atoms with E-state index in [0.29, 0.717) is 55.5 Å². The number of rotatable bonds is 9. The normalized spacial score (nSPS) is 18.2. The minimum absolute atomic E-state index is 0.00517. The Labute approximate surface area is 205 Å². The number of halogens is 1. The van der Waals surface area contributed by atoms with Crippen molar-refractivity contribution in [1.82, 2.24) is 10.2 Å². The molecular formula is C26H31ClN2O5. The number of nitrogens with zero attached hydrogens (tertiary/aromatic N) is 1. The Morgan fingerprint density at radius 1 is 1.06 bits per heavy atom. The number of carbonyl (C=O) groups is 2. The van der Waals surface area contributed by atoms with E-state index in [4.69, 9.17) is 25.8 Å². The number of esters is 1. The predicted octanol–water partition coefficient (Wildman–Crippen LogP) is 3.79. The largest absolute Gasteiger partial charge is 0.491 e. The van der Waals surface area contributed by atoms with E-state index < -0.39 is 11.1 Å². The lowest BCUT2D eigenvalue weighted by atomic mass is 9.86. The summed E-state index contributed by atoms with van der Waals surface area (Å²) in [5.74, 6) is 0.267. The standard InChI is InChI=1S/C26H31ClN2O5/c1-29(15-18-34-22-6-4-3-5-21(22)27)26(13-16-33-17-14-26)24(31)28-25(11-12-25)20-9-7-19(8-10-20)23(30)32-2/h3-10H,11-18H2,1-2H3,(H,28,31). The molecule has 0 bridgehead atoms. The molecular weight excluding hydrogens is 456 g/mol. The van der Waals surface area contributed by atoms with Crippen LogP contribution in [0.3, 0.4) is 0 Å². The second kappa shape index (κ2) is 10.3. The van der Waals surface area contributed by atoms with Crippen LogP contribution in [0.25, 0.3) is 0 Å². The molecule has 4 rings (SSSR count). The molecule has 1 saturated carbocycles. The zero-order valence-electron chi connectivity index (χ0n) is 19.6. The number of para-hydroxylation sites is 1. The lowest BCUT2D eigenvalue weighted by Gasteiger charge is -2.43. The summed E-state index contributed by atoms with van der Waals surface area (Å²) in [6.45, 7) is 2.05. The number of ether oxygens (including phenoxy) is 3. The highest BCUT2D eigenvalue weighted by molar-refractivity contribution is 6.32. The molecule has 2 aromatic carbocycles. The lowest BCUT2D eigenvalue weighted by molar-refractivity contribution is -0.140. The van der Waals surface area contributed by atoms with Crippen molar-refractivity contribution in [1.29, 1.82) is 0 Å². The summed E-state index contributed by atoms with van der Waals surface area (Å²) in [6.07, 6.45) is 2.95. The zero-order chi connectivity index (χ0) is 24.2. The monoisotopic (exact) mass is 486 g/mol. The van der Waals surface area contributed by atoms with E-state index in [2.05, 4.69) is 10.2 Å². The second-order valence-corrected chi connectivity index (χ2v) is 9.36. The number of methoxy groups -OCH3 is 1. The van der Waals surface area contributed by atoms with Crippen LogP contribution in [-0.2, 0) is 19.8 Å². The molecule has 7 nitrogen and oxygen atoms in total. The summed E-state index contributed by atoms with van der Waals surface area (Å²) in [6, 6.07) is 14.7. The van der Waals surface area contributed by atoms with Crippen LogP contribution in [0.4, 0.5) is 0 Å². The minimum atomic E-state index is -0.677. The molecule has 1 aliphatic carbocycles. The molecule has 0 unspecified atom stereocenters. The summed E-state index contributed by atoms with van der Waals surface area (Å²) in [7, 11) is 3.33. The van der Waals surface area contributed by atoms with Gasteiger partial charge in [-0.05, 0) is 62.6 Å². The van der Waals surface area contributed by atoms with Crippen LogP contribution in [-0.4, -0.2) is 62.8 Å². The van der Waals surface area contributed by atoms with Crippen molar-refractivity contribution in [2.75, 3.05) is 40.5 Å². The fourth-order valence-corrected chi connectivity index (χ4v) is 4.74. The van der Waals surface area contributed by atoms with Crippen LogP contribution in [0.15, 0.2) is 48.5 Å². The average Bonchev–Trinajstić information content (AvgIpc) is 3.65. The van der Waals surface area contributed by atoms with E-state index in [1.807, 2.05) is 37.4 Å². The molecule has 1 amide bonds. The van der Waals surface area contributed by atoms with Crippen LogP contribution in [0.1, 0.15) is 41.6 Å². The van der Waals surface area contributed by atoms with E-state index in [-0.39, 0.29) is 11.9 Å². The van der Waals surface area contributed by atoms with Crippen molar-refractivity contribution in [3.63, 3.8) is 0 Å². The fourth-order valence-electron chi connectivity index (χ4n) is 4.55. The first-order valence-corrected chi connectivity index (χ1v) is 12.0. The molecule has 182 valence electrons. The lowest BCUT2D eigenvalue weighted by Crippen LogP contribution is -2.62. The highest BCUT2D eigenvalue weighted by Gasteiger charge is 2.51. The first-order chi connectivity index (χ1) is 16.4. The predicted molar refractivity (Wildman–Crippen MR) is 129 cm³/mol. The van der Waals surface area contributed by atoms with Gasteiger partial charge in [0.25, 0.3) is 0 Å². The van der Waals surface area contributed by atoms with Crippen LogP contribution in [0.5, 0.6) is 5.75 Å². The van der Waals surface area contributed by atoms with Crippen LogP contribution in [0.2, 0.25) is 5.02 Å². The molecule has 0 atom stereocenters. The Balaban J connectivity index is 1.44. The van der Waals surface area contributed by atoms with Crippen molar-refractivity contribution >= 4 is 23.5 Å². The fraction of sp³-hybridized carbons (Fsp3) is 0.462. The van der Waals surface area contributed by atoms with Gasteiger partial charge in [0, 0.05) is 19.8 Å². The van der Waals surface area contributed by atoms with Gasteiger partial charge in [0.1, 0.15) is 17.9 Å². The maximum absolute atomic E-state index is 13.8. The number of amides is 1. The highest BCUT2D eigenvalue weighted by Crippen LogP contribution is 2.46. The van der Waals surface area contributed by atoms with E-state index in [0.717, 1.165) is 18.4 Å². The topological polar surface area (TPSA) is 77.1 Å². The van der Waals surface area contributed by atoms with E-state index in [9.17, 15) is 9.59 Å². The average molecular weight is 487 g/mol. The van der Waals surface area contributed by atoms with Crippen LogP contribution in [0, 0.1) is 0 Å². The number of benzene rings is 2. The minimum Gasteiger partial charge on any atom is -0.491 e. The molecule has 1 heterocycles. The van der Waals surface area contributed by atoms with Gasteiger partial charge in [0.15, 0.2) is 0 Å². The molecule has 1 N–H and O–H groups in total. The zero-order valence-corrected chi connectivity index (χ0v) is 20.4. The Bertz CT molecular complexity index is 1020. The van der Waals surface area contributed by atoms with Gasteiger partial charge in [-0.1, -0.05) is 35.9 Å². The maximum atomic E-state index is 13.8. The molecule has 1 saturated heterocycles. The van der Waals surface area contributed by atoms with Gasteiger partial charge < -0.3 is 19.5 Å². The first kappa shape index (κ1) is 24.5. The van der Waals surface area contributed by atoms with Gasteiger partial charge in [0.05, 0.1) is 23.2 Å². The Kier molecular flexibility index (Phi) is 7.45. The maximum Gasteiger partial charge on any atom is 0.337 e. The van der Waals surface area contributed by atoms with Gasteiger partial charge in [0.2, 0.25) is 5.91 Å². The van der Waals surface area contributed by atoms with Crippen molar-refractivity contribution < 1.29 is 23.8 Å². The molecule has 0 aromatic heterocycles. The SMILES string of the molecule is COC(=O)c1ccc(C2(NC(=O)C3(N(C)CCOc4ccccc4Cl)CCOCC3)CC2)cc1. The molecule has 2 aromatic rings. The van der Waals surface area contributed by atoms with E-state index in [1.54, 1.807) is 18.2 Å². The Morgan fingerprint density at radius 2 is 1.74 bits per heavy atom. The number of nitrogens with one attached hydrogen (secondary N) is 1. The smallest absolute Gasteiger partial charge is 0.337 e. The number of likely N-dealkylation sites (N-methyl/N-ethyl adjacent to an activating group) is 1. The third kappa shape index (κ3) is 5.06. The van der Waals surface area contributed by atoms with Crippen molar-refractivity contribution in [3.05, 3.63) is 64.7 Å². The quantitative estimate of drug-likeness (QED) is 0.543. The second-order valence-electron chi connectivity index (χ2n) is 8.95. The summed E-state index contributed by atoms with van der Waals surface area (Å²) >= 11 is 6.19. The molecule has 34 heavy (non-hydrogen) atoms. The van der Waals surface area contributed by atoms with Gasteiger partial charge in [-0.25, -0.2) is 4.79 Å². The molecule has 0 spiro atoms. The third-order valence-electron chi connectivity index (χ3n) is 6.96. The van der Waals surface area contributed by atoms with Crippen molar-refractivity contribution in [2.45, 2.75) is 36.8 Å². The van der Waals surface area contributed by atoms with Gasteiger partial charge in [-0.15, -0.1) is 0 Å². The Hall–Kier alpha value is -2.61. The number of carbonyl (C=O) groups excluding carboxylic acids is 2. The van der Waals surface area contributed by atoms with Crippen LogP contribution >= 0.6 is 11.6 Å². The molecule has 2 fully saturated rings. The summed E-state index contributed by atoms with van der Waals surface area (Å²) < 4.78 is 16.2. The Morgan fingerprint density at radius 3 is 2.35 bits per heavy atom. The third-order valence-corrected chi connectivity index (χ3v) is 7.27. The van der Waals surface area contributed by atoms with Crippen molar-refractivity contribution in [3.8, 4) is 5.75 Å². The summed E-state index contributed by atoms with van der Waals surface area (Å²) in [4.78, 5) is 27.6. The summed E-state index contributed by atoms with van der Waals surface area (Å²) in [5.41, 5.74) is 0.420. The van der Waals surface area contributed by atoms with E-state index in [1.165, 1.54) is 7.11 Å². The van der Waals surface area contributed by atoms with Crippen LogP contribution < -0.4 is 10.1 Å². The molecule has 0 radical (unpaired) electrons. The number of hydrogen-bond donors (Lipinski definition) is 1. The molecule has 8 heteroatoms. The van der Waals surface area contributed by atoms with Gasteiger partial charge in [-0.3, -0.25) is 9.69 Å². The first-order valence-electron chi connectivity index (χ1n) is 11.6.